The summed E-state index contributed by atoms with van der Waals surface area (Å²) in [4.78, 5) is 38.2. The summed E-state index contributed by atoms with van der Waals surface area (Å²) in [7, 11) is 0. The molecule has 0 saturated carbocycles. The smallest absolute Gasteiger partial charge is 0.407 e. The zero-order valence-corrected chi connectivity index (χ0v) is 19.2. The van der Waals surface area contributed by atoms with Crippen LogP contribution < -0.4 is 5.32 Å². The van der Waals surface area contributed by atoms with Crippen LogP contribution in [0.15, 0.2) is 48.5 Å². The van der Waals surface area contributed by atoms with Crippen LogP contribution in [0.1, 0.15) is 23.5 Å². The second kappa shape index (κ2) is 10.1. The van der Waals surface area contributed by atoms with Crippen LogP contribution in [0.3, 0.4) is 0 Å². The predicted molar refractivity (Wildman–Crippen MR) is 125 cm³/mol. The lowest BCUT2D eigenvalue weighted by Gasteiger charge is -2.33. The van der Waals surface area contributed by atoms with E-state index in [9.17, 15) is 19.5 Å². The van der Waals surface area contributed by atoms with Gasteiger partial charge in [0.25, 0.3) is 5.91 Å². The number of benzene rings is 2. The van der Waals surface area contributed by atoms with Crippen LogP contribution in [0.5, 0.6) is 0 Å². The van der Waals surface area contributed by atoms with Gasteiger partial charge < -0.3 is 29.5 Å². The highest BCUT2D eigenvalue weighted by atomic mass is 16.5. The Labute approximate surface area is 203 Å². The van der Waals surface area contributed by atoms with Crippen LogP contribution in [0.4, 0.5) is 4.79 Å². The molecule has 2 aliphatic heterocycles. The Balaban J connectivity index is 1.15. The Kier molecular flexibility index (Phi) is 6.70. The van der Waals surface area contributed by atoms with Crippen molar-refractivity contribution in [2.75, 3.05) is 39.5 Å². The maximum atomic E-state index is 13.0. The van der Waals surface area contributed by atoms with Crippen LogP contribution in [0.25, 0.3) is 11.1 Å². The van der Waals surface area contributed by atoms with Crippen molar-refractivity contribution in [2.24, 2.45) is 5.92 Å². The van der Waals surface area contributed by atoms with Crippen molar-refractivity contribution in [1.29, 1.82) is 0 Å². The van der Waals surface area contributed by atoms with E-state index in [1.165, 1.54) is 4.90 Å². The minimum absolute atomic E-state index is 0.0133. The van der Waals surface area contributed by atoms with Crippen molar-refractivity contribution in [3.05, 3.63) is 59.7 Å². The van der Waals surface area contributed by atoms with Gasteiger partial charge in [0, 0.05) is 31.5 Å². The molecule has 3 aliphatic rings. The number of morpholine rings is 1. The summed E-state index contributed by atoms with van der Waals surface area (Å²) < 4.78 is 16.4. The minimum atomic E-state index is -1.09. The van der Waals surface area contributed by atoms with Crippen molar-refractivity contribution >= 4 is 18.0 Å². The normalized spacial score (nSPS) is 23.4. The summed E-state index contributed by atoms with van der Waals surface area (Å²) in [6.07, 6.45) is -1.68. The number of nitrogens with zero attached hydrogens (tertiary/aromatic N) is 1. The molecule has 1 aliphatic carbocycles. The first-order valence-electron chi connectivity index (χ1n) is 11.9. The van der Waals surface area contributed by atoms with Gasteiger partial charge in [0.15, 0.2) is 6.10 Å². The molecule has 1 unspecified atom stereocenters. The number of carbonyl (C=O) groups is 3. The highest BCUT2D eigenvalue weighted by Gasteiger charge is 2.39. The van der Waals surface area contributed by atoms with E-state index in [1.807, 2.05) is 24.3 Å². The zero-order valence-electron chi connectivity index (χ0n) is 19.2. The molecule has 2 saturated heterocycles. The summed E-state index contributed by atoms with van der Waals surface area (Å²) in [5.41, 5.74) is 4.60. The van der Waals surface area contributed by atoms with Crippen molar-refractivity contribution < 1.29 is 33.7 Å². The second-order valence-corrected chi connectivity index (χ2v) is 9.03. The van der Waals surface area contributed by atoms with Gasteiger partial charge in [-0.2, -0.15) is 0 Å². The van der Waals surface area contributed by atoms with Crippen molar-refractivity contribution in [2.45, 2.75) is 24.5 Å². The molecular formula is C26H28N2O7. The lowest BCUT2D eigenvalue weighted by Crippen LogP contribution is -2.53. The van der Waals surface area contributed by atoms with Crippen molar-refractivity contribution in [3.8, 4) is 11.1 Å². The maximum Gasteiger partial charge on any atom is 0.407 e. The van der Waals surface area contributed by atoms with E-state index in [-0.39, 0.29) is 44.0 Å². The van der Waals surface area contributed by atoms with Gasteiger partial charge in [-0.3, -0.25) is 4.79 Å². The largest absolute Gasteiger partial charge is 0.479 e. The maximum absolute atomic E-state index is 13.0. The first-order chi connectivity index (χ1) is 17.0. The molecule has 0 spiro atoms. The van der Waals surface area contributed by atoms with Crippen molar-refractivity contribution in [3.63, 3.8) is 0 Å². The van der Waals surface area contributed by atoms with E-state index < -0.39 is 24.3 Å². The molecule has 35 heavy (non-hydrogen) atoms. The molecule has 0 bridgehead atoms. The van der Waals surface area contributed by atoms with Gasteiger partial charge in [0.1, 0.15) is 12.7 Å². The van der Waals surface area contributed by atoms with Gasteiger partial charge in [-0.1, -0.05) is 48.5 Å². The third kappa shape index (κ3) is 4.74. The molecule has 9 nitrogen and oxygen atoms in total. The quantitative estimate of drug-likeness (QED) is 0.652. The Hall–Kier alpha value is -3.43. The zero-order chi connectivity index (χ0) is 24.4. The van der Waals surface area contributed by atoms with Crippen LogP contribution in [0, 0.1) is 5.92 Å². The number of hydrogen-bond donors (Lipinski definition) is 2. The Morgan fingerprint density at radius 3 is 2.37 bits per heavy atom. The summed E-state index contributed by atoms with van der Waals surface area (Å²) in [5, 5.41) is 12.0. The number of nitrogens with one attached hydrogen (secondary N) is 1. The standard InChI is InChI=1S/C26H28N2O7/c29-24(28-10-12-33-22(14-28)25(30)31)23-16(9-11-34-23)13-27-26(32)35-15-21-19-7-3-1-5-17(19)18-6-2-4-8-20(18)21/h1-8,16,21-23H,9-15H2,(H,27,32)(H,30,31)/t16-,22?,23-/m0/s1. The number of fused-ring (bicyclic) bond motifs is 3. The highest BCUT2D eigenvalue weighted by molar-refractivity contribution is 5.83. The monoisotopic (exact) mass is 480 g/mol. The minimum Gasteiger partial charge on any atom is -0.479 e. The average Bonchev–Trinajstić information content (AvgIpc) is 3.48. The van der Waals surface area contributed by atoms with E-state index in [1.54, 1.807) is 0 Å². The van der Waals surface area contributed by atoms with Gasteiger partial charge in [0.2, 0.25) is 0 Å². The van der Waals surface area contributed by atoms with Gasteiger partial charge in [0.05, 0.1) is 13.2 Å². The summed E-state index contributed by atoms with van der Waals surface area (Å²) in [5.74, 6) is -1.60. The first-order valence-corrected chi connectivity index (χ1v) is 11.9. The topological polar surface area (TPSA) is 114 Å². The fraction of sp³-hybridized carbons (Fsp3) is 0.423. The first kappa shape index (κ1) is 23.3. The number of hydrogen-bond acceptors (Lipinski definition) is 6. The molecule has 2 aromatic rings. The number of alkyl carbamates (subject to hydrolysis) is 1. The number of ether oxygens (including phenoxy) is 3. The number of carboxylic acid groups (broad SMARTS) is 1. The van der Waals surface area contributed by atoms with E-state index >= 15 is 0 Å². The second-order valence-electron chi connectivity index (χ2n) is 9.03. The summed E-state index contributed by atoms with van der Waals surface area (Å²) in [6.45, 7) is 1.32. The van der Waals surface area contributed by atoms with E-state index in [0.717, 1.165) is 22.3 Å². The Bertz CT molecular complexity index is 1070. The number of amides is 2. The van der Waals surface area contributed by atoms with Gasteiger partial charge in [-0.05, 0) is 28.7 Å². The average molecular weight is 481 g/mol. The summed E-state index contributed by atoms with van der Waals surface area (Å²) >= 11 is 0. The van der Waals surface area contributed by atoms with Crippen molar-refractivity contribution in [1.82, 2.24) is 10.2 Å². The van der Waals surface area contributed by atoms with Gasteiger partial charge in [-0.15, -0.1) is 0 Å². The molecule has 9 heteroatoms. The van der Waals surface area contributed by atoms with Crippen LogP contribution in [-0.4, -0.2) is 79.6 Å². The van der Waals surface area contributed by atoms with E-state index in [4.69, 9.17) is 14.2 Å². The highest BCUT2D eigenvalue weighted by Crippen LogP contribution is 2.44. The number of carboxylic acids is 1. The molecule has 2 amide bonds. The molecule has 184 valence electrons. The molecule has 2 fully saturated rings. The fourth-order valence-corrected chi connectivity index (χ4v) is 5.16. The van der Waals surface area contributed by atoms with Crippen LogP contribution in [0.2, 0.25) is 0 Å². The molecule has 0 radical (unpaired) electrons. The lowest BCUT2D eigenvalue weighted by molar-refractivity contribution is -0.163. The molecule has 3 atom stereocenters. The third-order valence-electron chi connectivity index (χ3n) is 6.96. The lowest BCUT2D eigenvalue weighted by atomic mass is 9.98. The fourth-order valence-electron chi connectivity index (χ4n) is 5.16. The Morgan fingerprint density at radius 1 is 1.00 bits per heavy atom. The number of carbonyl (C=O) groups excluding carboxylic acids is 2. The van der Waals surface area contributed by atoms with E-state index in [2.05, 4.69) is 29.6 Å². The predicted octanol–water partition coefficient (Wildman–Crippen LogP) is 2.24. The molecule has 2 N–H and O–H groups in total. The Morgan fingerprint density at radius 2 is 1.69 bits per heavy atom. The van der Waals surface area contributed by atoms with Crippen LogP contribution >= 0.6 is 0 Å². The summed E-state index contributed by atoms with van der Waals surface area (Å²) in [6, 6.07) is 16.3. The number of rotatable bonds is 6. The molecule has 5 rings (SSSR count). The molecular weight excluding hydrogens is 452 g/mol. The third-order valence-corrected chi connectivity index (χ3v) is 6.96. The molecule has 2 heterocycles. The SMILES string of the molecule is O=C(NC[C@@H]1CCO[C@@H]1C(=O)N1CCOC(C(=O)O)C1)OCC1c2ccccc2-c2ccccc21. The van der Waals surface area contributed by atoms with Gasteiger partial charge in [-0.25, -0.2) is 9.59 Å². The van der Waals surface area contributed by atoms with E-state index in [0.29, 0.717) is 19.6 Å². The number of aliphatic carboxylic acids is 1. The van der Waals surface area contributed by atoms with Gasteiger partial charge >= 0.3 is 12.1 Å². The molecule has 2 aromatic carbocycles. The van der Waals surface area contributed by atoms with Crippen LogP contribution in [-0.2, 0) is 23.8 Å². The molecule has 0 aromatic heterocycles.